The summed E-state index contributed by atoms with van der Waals surface area (Å²) < 4.78 is 4.67. The Kier molecular flexibility index (Phi) is 6.27. The van der Waals surface area contributed by atoms with Gasteiger partial charge in [-0.1, -0.05) is 12.1 Å². The fourth-order valence-corrected chi connectivity index (χ4v) is 2.28. The van der Waals surface area contributed by atoms with E-state index in [2.05, 4.69) is 15.4 Å². The van der Waals surface area contributed by atoms with E-state index in [1.54, 1.807) is 55.5 Å². The number of methoxy groups -OCH3 is 1. The lowest BCUT2D eigenvalue weighted by molar-refractivity contribution is -0.114. The molecular formula is C20H20N2O4. The van der Waals surface area contributed by atoms with E-state index >= 15 is 0 Å². The van der Waals surface area contributed by atoms with Gasteiger partial charge >= 0.3 is 5.97 Å². The van der Waals surface area contributed by atoms with Gasteiger partial charge in [0.2, 0.25) is 11.8 Å². The van der Waals surface area contributed by atoms with Crippen molar-refractivity contribution >= 4 is 35.2 Å². The van der Waals surface area contributed by atoms with Crippen LogP contribution in [0, 0.1) is 6.92 Å². The monoisotopic (exact) mass is 352 g/mol. The van der Waals surface area contributed by atoms with Crippen LogP contribution in [-0.2, 0) is 14.3 Å². The molecule has 0 aliphatic carbocycles. The number of anilines is 2. The number of amides is 2. The van der Waals surface area contributed by atoms with E-state index in [9.17, 15) is 14.4 Å². The first-order valence-electron chi connectivity index (χ1n) is 7.94. The number of carbonyl (C=O) groups is 3. The maximum Gasteiger partial charge on any atom is 0.337 e. The number of aryl methyl sites for hydroxylation is 1. The van der Waals surface area contributed by atoms with Crippen LogP contribution in [0.3, 0.4) is 0 Å². The largest absolute Gasteiger partial charge is 0.465 e. The van der Waals surface area contributed by atoms with Gasteiger partial charge in [-0.2, -0.15) is 0 Å². The van der Waals surface area contributed by atoms with Gasteiger partial charge in [0.25, 0.3) is 0 Å². The molecule has 0 fully saturated rings. The summed E-state index contributed by atoms with van der Waals surface area (Å²) in [6.45, 7) is 3.24. The summed E-state index contributed by atoms with van der Waals surface area (Å²) in [4.78, 5) is 34.6. The molecule has 0 atom stereocenters. The van der Waals surface area contributed by atoms with Gasteiger partial charge in [0.05, 0.1) is 12.7 Å². The molecule has 26 heavy (non-hydrogen) atoms. The minimum atomic E-state index is -0.423. The van der Waals surface area contributed by atoms with E-state index in [0.717, 1.165) is 11.1 Å². The first kappa shape index (κ1) is 18.9. The van der Waals surface area contributed by atoms with E-state index in [1.165, 1.54) is 20.1 Å². The Balaban J connectivity index is 2.01. The average Bonchev–Trinajstić information content (AvgIpc) is 2.61. The third-order valence-electron chi connectivity index (χ3n) is 3.56. The Morgan fingerprint density at radius 2 is 1.69 bits per heavy atom. The van der Waals surface area contributed by atoms with E-state index in [-0.39, 0.29) is 11.8 Å². The summed E-state index contributed by atoms with van der Waals surface area (Å²) in [6.07, 6.45) is 3.09. The molecule has 0 unspecified atom stereocenters. The summed E-state index contributed by atoms with van der Waals surface area (Å²) in [5.74, 6) is -0.848. The van der Waals surface area contributed by atoms with Gasteiger partial charge in [0.15, 0.2) is 0 Å². The van der Waals surface area contributed by atoms with Crippen LogP contribution in [0.2, 0.25) is 0 Å². The predicted molar refractivity (Wildman–Crippen MR) is 101 cm³/mol. The zero-order valence-corrected chi connectivity index (χ0v) is 14.8. The molecule has 2 rings (SSSR count). The third-order valence-corrected chi connectivity index (χ3v) is 3.56. The molecule has 0 aromatic heterocycles. The summed E-state index contributed by atoms with van der Waals surface area (Å²) >= 11 is 0. The normalized spacial score (nSPS) is 10.4. The topological polar surface area (TPSA) is 84.5 Å². The summed E-state index contributed by atoms with van der Waals surface area (Å²) in [7, 11) is 1.32. The third kappa shape index (κ3) is 5.31. The van der Waals surface area contributed by atoms with Gasteiger partial charge in [-0.05, 0) is 54.5 Å². The average molecular weight is 352 g/mol. The summed E-state index contributed by atoms with van der Waals surface area (Å²) in [5.41, 5.74) is 3.33. The summed E-state index contributed by atoms with van der Waals surface area (Å²) in [5, 5.41) is 5.44. The molecular weight excluding hydrogens is 332 g/mol. The molecule has 2 aromatic carbocycles. The van der Waals surface area contributed by atoms with Crippen molar-refractivity contribution in [2.45, 2.75) is 13.8 Å². The van der Waals surface area contributed by atoms with Crippen LogP contribution in [0.5, 0.6) is 0 Å². The smallest absolute Gasteiger partial charge is 0.337 e. The number of hydrogen-bond acceptors (Lipinski definition) is 4. The number of nitrogens with one attached hydrogen (secondary N) is 2. The lowest BCUT2D eigenvalue weighted by Crippen LogP contribution is -2.10. The van der Waals surface area contributed by atoms with Crippen molar-refractivity contribution in [1.82, 2.24) is 0 Å². The molecule has 6 heteroatoms. The lowest BCUT2D eigenvalue weighted by atomic mass is 10.1. The molecule has 134 valence electrons. The van der Waals surface area contributed by atoms with Crippen LogP contribution in [0.1, 0.15) is 28.4 Å². The number of benzene rings is 2. The molecule has 0 bridgehead atoms. The second kappa shape index (κ2) is 8.62. The van der Waals surface area contributed by atoms with Crippen LogP contribution in [0.15, 0.2) is 48.5 Å². The van der Waals surface area contributed by atoms with Crippen molar-refractivity contribution in [3.05, 3.63) is 65.2 Å². The van der Waals surface area contributed by atoms with Crippen molar-refractivity contribution < 1.29 is 19.1 Å². The maximum atomic E-state index is 12.1. The van der Waals surface area contributed by atoms with Gasteiger partial charge in [0, 0.05) is 24.4 Å². The van der Waals surface area contributed by atoms with Crippen molar-refractivity contribution in [3.8, 4) is 0 Å². The highest BCUT2D eigenvalue weighted by Crippen LogP contribution is 2.17. The Morgan fingerprint density at radius 1 is 1.00 bits per heavy atom. The molecule has 2 aromatic rings. The van der Waals surface area contributed by atoms with E-state index in [1.807, 2.05) is 0 Å². The number of ether oxygens (including phenoxy) is 1. The highest BCUT2D eigenvalue weighted by Gasteiger charge is 2.08. The maximum absolute atomic E-state index is 12.1. The SMILES string of the molecule is COC(=O)c1ccc(NC(=O)/C=C/c2ccc(NC(C)=O)cc2)c(C)c1. The molecule has 0 saturated heterocycles. The fourth-order valence-electron chi connectivity index (χ4n) is 2.28. The summed E-state index contributed by atoms with van der Waals surface area (Å²) in [6, 6.07) is 12.0. The minimum Gasteiger partial charge on any atom is -0.465 e. The van der Waals surface area contributed by atoms with Crippen LogP contribution in [-0.4, -0.2) is 24.9 Å². The lowest BCUT2D eigenvalue weighted by Gasteiger charge is -2.08. The number of rotatable bonds is 5. The molecule has 6 nitrogen and oxygen atoms in total. The molecule has 0 aliphatic heterocycles. The zero-order chi connectivity index (χ0) is 19.1. The van der Waals surface area contributed by atoms with Gasteiger partial charge in [-0.25, -0.2) is 4.79 Å². The van der Waals surface area contributed by atoms with Gasteiger partial charge in [-0.15, -0.1) is 0 Å². The first-order valence-corrected chi connectivity index (χ1v) is 7.94. The highest BCUT2D eigenvalue weighted by molar-refractivity contribution is 6.02. The number of carbonyl (C=O) groups excluding carboxylic acids is 3. The highest BCUT2D eigenvalue weighted by atomic mass is 16.5. The van der Waals surface area contributed by atoms with Crippen molar-refractivity contribution in [1.29, 1.82) is 0 Å². The van der Waals surface area contributed by atoms with Gasteiger partial charge in [-0.3, -0.25) is 9.59 Å². The Morgan fingerprint density at radius 3 is 2.27 bits per heavy atom. The Labute approximate surface area is 151 Å². The van der Waals surface area contributed by atoms with E-state index in [4.69, 9.17) is 0 Å². The van der Waals surface area contributed by atoms with Crippen molar-refractivity contribution in [2.75, 3.05) is 17.7 Å². The second-order valence-corrected chi connectivity index (χ2v) is 5.65. The van der Waals surface area contributed by atoms with E-state index in [0.29, 0.717) is 16.9 Å². The van der Waals surface area contributed by atoms with Crippen LogP contribution in [0.25, 0.3) is 6.08 Å². The molecule has 0 saturated carbocycles. The van der Waals surface area contributed by atoms with Gasteiger partial charge in [0.1, 0.15) is 0 Å². The molecule has 0 aliphatic rings. The first-order chi connectivity index (χ1) is 12.4. The van der Waals surface area contributed by atoms with Crippen molar-refractivity contribution in [2.24, 2.45) is 0 Å². The van der Waals surface area contributed by atoms with Crippen LogP contribution < -0.4 is 10.6 Å². The minimum absolute atomic E-state index is 0.138. The standard InChI is InChI=1S/C20H20N2O4/c1-13-12-16(20(25)26-3)7-10-18(13)22-19(24)11-6-15-4-8-17(9-5-15)21-14(2)23/h4-12H,1-3H3,(H,21,23)(H,22,24)/b11-6+. The van der Waals surface area contributed by atoms with Crippen LogP contribution in [0.4, 0.5) is 11.4 Å². The zero-order valence-electron chi connectivity index (χ0n) is 14.8. The fraction of sp³-hybridized carbons (Fsp3) is 0.150. The second-order valence-electron chi connectivity index (χ2n) is 5.65. The predicted octanol–water partition coefficient (Wildman–Crippen LogP) is 3.39. The Hall–Kier alpha value is -3.41. The molecule has 2 N–H and O–H groups in total. The molecule has 0 spiro atoms. The Bertz CT molecular complexity index is 855. The number of esters is 1. The van der Waals surface area contributed by atoms with Crippen LogP contribution >= 0.6 is 0 Å². The van der Waals surface area contributed by atoms with Crippen molar-refractivity contribution in [3.63, 3.8) is 0 Å². The molecule has 2 amide bonds. The van der Waals surface area contributed by atoms with Gasteiger partial charge < -0.3 is 15.4 Å². The number of hydrogen-bond donors (Lipinski definition) is 2. The van der Waals surface area contributed by atoms with E-state index < -0.39 is 5.97 Å². The molecule has 0 radical (unpaired) electrons. The quantitative estimate of drug-likeness (QED) is 0.638. The molecule has 0 heterocycles.